The Kier molecular flexibility index (Phi) is 5.28. The lowest BCUT2D eigenvalue weighted by atomic mass is 9.86. The van der Waals surface area contributed by atoms with Crippen LogP contribution < -0.4 is 9.64 Å². The predicted octanol–water partition coefficient (Wildman–Crippen LogP) is 4.08. The molecule has 1 aromatic heterocycles. The molecule has 6 nitrogen and oxygen atoms in total. The topological polar surface area (TPSA) is 52.4 Å². The fourth-order valence-corrected chi connectivity index (χ4v) is 3.54. The Bertz CT molecular complexity index is 985. The van der Waals surface area contributed by atoms with Crippen molar-refractivity contribution in [1.82, 2.24) is 14.8 Å². The summed E-state index contributed by atoms with van der Waals surface area (Å²) in [6.45, 7) is 9.64. The van der Waals surface area contributed by atoms with Crippen molar-refractivity contribution in [2.45, 2.75) is 26.2 Å². The SMILES string of the molecule is COc1cccc(-n2c(-c3cccc(C(C)(C)C)c3)nnc2N2CCOCC2)c1. The van der Waals surface area contributed by atoms with Gasteiger partial charge in [-0.25, -0.2) is 0 Å². The quantitative estimate of drug-likeness (QED) is 0.670. The first-order valence-electron chi connectivity index (χ1n) is 10.0. The number of aromatic nitrogens is 3. The summed E-state index contributed by atoms with van der Waals surface area (Å²) in [5.41, 5.74) is 3.35. The van der Waals surface area contributed by atoms with Gasteiger partial charge in [0.1, 0.15) is 5.75 Å². The lowest BCUT2D eigenvalue weighted by Gasteiger charge is -2.28. The van der Waals surface area contributed by atoms with Crippen molar-refractivity contribution in [1.29, 1.82) is 0 Å². The van der Waals surface area contributed by atoms with Crippen molar-refractivity contribution >= 4 is 5.95 Å². The fraction of sp³-hybridized carbons (Fsp3) is 0.391. The van der Waals surface area contributed by atoms with Crippen LogP contribution in [-0.4, -0.2) is 48.2 Å². The van der Waals surface area contributed by atoms with Crippen LogP contribution >= 0.6 is 0 Å². The van der Waals surface area contributed by atoms with Crippen LogP contribution in [0.4, 0.5) is 5.95 Å². The van der Waals surface area contributed by atoms with Gasteiger partial charge in [-0.05, 0) is 29.2 Å². The number of methoxy groups -OCH3 is 1. The lowest BCUT2D eigenvalue weighted by molar-refractivity contribution is 0.122. The second-order valence-corrected chi connectivity index (χ2v) is 8.29. The van der Waals surface area contributed by atoms with Crippen LogP contribution in [0.25, 0.3) is 17.1 Å². The Morgan fingerprint density at radius 2 is 1.72 bits per heavy atom. The van der Waals surface area contributed by atoms with Gasteiger partial charge >= 0.3 is 0 Å². The third-order valence-electron chi connectivity index (χ3n) is 5.24. The smallest absolute Gasteiger partial charge is 0.232 e. The Morgan fingerprint density at radius 3 is 2.45 bits per heavy atom. The molecule has 0 saturated carbocycles. The average Bonchev–Trinajstić information content (AvgIpc) is 3.19. The molecule has 2 heterocycles. The van der Waals surface area contributed by atoms with Gasteiger partial charge in [-0.2, -0.15) is 0 Å². The Labute approximate surface area is 172 Å². The summed E-state index contributed by atoms with van der Waals surface area (Å²) in [5, 5.41) is 9.19. The van der Waals surface area contributed by atoms with E-state index in [1.165, 1.54) is 5.56 Å². The molecule has 0 unspecified atom stereocenters. The Balaban J connectivity index is 1.87. The first kappa shape index (κ1) is 19.5. The predicted molar refractivity (Wildman–Crippen MR) is 115 cm³/mol. The second-order valence-electron chi connectivity index (χ2n) is 8.29. The van der Waals surface area contributed by atoms with Gasteiger partial charge in [0.15, 0.2) is 5.82 Å². The molecule has 1 aliphatic rings. The zero-order valence-corrected chi connectivity index (χ0v) is 17.6. The van der Waals surface area contributed by atoms with Crippen LogP contribution in [0, 0.1) is 0 Å². The molecule has 1 saturated heterocycles. The normalized spacial score (nSPS) is 14.8. The summed E-state index contributed by atoms with van der Waals surface area (Å²) >= 11 is 0. The van der Waals surface area contributed by atoms with Gasteiger partial charge in [0.25, 0.3) is 0 Å². The van der Waals surface area contributed by atoms with Crippen molar-refractivity contribution in [3.05, 3.63) is 54.1 Å². The van der Waals surface area contributed by atoms with Crippen LogP contribution in [0.1, 0.15) is 26.3 Å². The van der Waals surface area contributed by atoms with E-state index in [1.807, 2.05) is 18.2 Å². The van der Waals surface area contributed by atoms with Gasteiger partial charge in [-0.15, -0.1) is 10.2 Å². The number of hydrogen-bond donors (Lipinski definition) is 0. The van der Waals surface area contributed by atoms with E-state index in [9.17, 15) is 0 Å². The minimum atomic E-state index is 0.0594. The molecule has 6 heteroatoms. The van der Waals surface area contributed by atoms with E-state index in [0.29, 0.717) is 13.2 Å². The molecule has 2 aromatic carbocycles. The van der Waals surface area contributed by atoms with E-state index < -0.39 is 0 Å². The second kappa shape index (κ2) is 7.87. The third-order valence-corrected chi connectivity index (χ3v) is 5.24. The van der Waals surface area contributed by atoms with Crippen molar-refractivity contribution in [2.75, 3.05) is 38.3 Å². The van der Waals surface area contributed by atoms with Crippen molar-refractivity contribution < 1.29 is 9.47 Å². The van der Waals surface area contributed by atoms with Gasteiger partial charge in [0, 0.05) is 24.7 Å². The maximum Gasteiger partial charge on any atom is 0.232 e. The molecule has 0 bridgehead atoms. The maximum atomic E-state index is 5.53. The van der Waals surface area contributed by atoms with Crippen LogP contribution in [0.15, 0.2) is 48.5 Å². The molecule has 0 aliphatic carbocycles. The number of morpholine rings is 1. The van der Waals surface area contributed by atoms with Gasteiger partial charge in [-0.1, -0.05) is 45.0 Å². The Morgan fingerprint density at radius 1 is 0.966 bits per heavy atom. The highest BCUT2D eigenvalue weighted by molar-refractivity contribution is 5.64. The number of nitrogens with zero attached hydrogens (tertiary/aromatic N) is 4. The minimum absolute atomic E-state index is 0.0594. The highest BCUT2D eigenvalue weighted by Crippen LogP contribution is 2.32. The summed E-state index contributed by atoms with van der Waals surface area (Å²) in [7, 11) is 1.68. The largest absolute Gasteiger partial charge is 0.497 e. The molecule has 1 aliphatic heterocycles. The van der Waals surface area contributed by atoms with E-state index >= 15 is 0 Å². The van der Waals surface area contributed by atoms with Gasteiger partial charge in [-0.3, -0.25) is 4.57 Å². The highest BCUT2D eigenvalue weighted by Gasteiger charge is 2.23. The Hall–Kier alpha value is -2.86. The van der Waals surface area contributed by atoms with Gasteiger partial charge in [0.05, 0.1) is 26.0 Å². The zero-order chi connectivity index (χ0) is 20.4. The standard InChI is InChI=1S/C23H28N4O2/c1-23(2,3)18-8-5-7-17(15-18)21-24-25-22(26-11-13-29-14-12-26)27(21)19-9-6-10-20(16-19)28-4/h5-10,15-16H,11-14H2,1-4H3. The van der Waals surface area contributed by atoms with Crippen LogP contribution in [0.5, 0.6) is 5.75 Å². The van der Waals surface area contributed by atoms with E-state index in [2.05, 4.69) is 70.8 Å². The molecule has 152 valence electrons. The molecular weight excluding hydrogens is 364 g/mol. The van der Waals surface area contributed by atoms with Crippen molar-refractivity contribution in [3.63, 3.8) is 0 Å². The van der Waals surface area contributed by atoms with E-state index in [1.54, 1.807) is 7.11 Å². The zero-order valence-electron chi connectivity index (χ0n) is 17.6. The molecule has 29 heavy (non-hydrogen) atoms. The molecule has 0 N–H and O–H groups in total. The molecule has 0 amide bonds. The first-order valence-corrected chi connectivity index (χ1v) is 10.0. The summed E-state index contributed by atoms with van der Waals surface area (Å²) in [6, 6.07) is 16.6. The van der Waals surface area contributed by atoms with Crippen molar-refractivity contribution in [3.8, 4) is 22.8 Å². The van der Waals surface area contributed by atoms with E-state index in [4.69, 9.17) is 9.47 Å². The molecule has 0 spiro atoms. The van der Waals surface area contributed by atoms with E-state index in [0.717, 1.165) is 41.9 Å². The number of anilines is 1. The van der Waals surface area contributed by atoms with Crippen LogP contribution in [0.2, 0.25) is 0 Å². The molecular formula is C23H28N4O2. The first-order chi connectivity index (χ1) is 14.0. The number of benzene rings is 2. The summed E-state index contributed by atoms with van der Waals surface area (Å²) < 4.78 is 13.1. The average molecular weight is 393 g/mol. The molecule has 1 fully saturated rings. The number of hydrogen-bond acceptors (Lipinski definition) is 5. The molecule has 0 atom stereocenters. The van der Waals surface area contributed by atoms with Crippen LogP contribution in [-0.2, 0) is 10.2 Å². The van der Waals surface area contributed by atoms with Gasteiger partial charge in [0.2, 0.25) is 5.95 Å². The summed E-state index contributed by atoms with van der Waals surface area (Å²) in [6.07, 6.45) is 0. The summed E-state index contributed by atoms with van der Waals surface area (Å²) in [4.78, 5) is 2.23. The van der Waals surface area contributed by atoms with Crippen molar-refractivity contribution in [2.24, 2.45) is 0 Å². The summed E-state index contributed by atoms with van der Waals surface area (Å²) in [5.74, 6) is 2.46. The van der Waals surface area contributed by atoms with Crippen LogP contribution in [0.3, 0.4) is 0 Å². The monoisotopic (exact) mass is 392 g/mol. The number of rotatable bonds is 4. The minimum Gasteiger partial charge on any atom is -0.497 e. The molecule has 0 radical (unpaired) electrons. The number of ether oxygens (including phenoxy) is 2. The third kappa shape index (κ3) is 3.98. The fourth-order valence-electron chi connectivity index (χ4n) is 3.54. The van der Waals surface area contributed by atoms with Gasteiger partial charge < -0.3 is 14.4 Å². The van der Waals surface area contributed by atoms with E-state index in [-0.39, 0.29) is 5.41 Å². The highest BCUT2D eigenvalue weighted by atomic mass is 16.5. The maximum absolute atomic E-state index is 5.53. The lowest BCUT2D eigenvalue weighted by Crippen LogP contribution is -2.37. The molecule has 4 rings (SSSR count). The molecule has 3 aromatic rings.